The van der Waals surface area contributed by atoms with Gasteiger partial charge in [-0.2, -0.15) is 14.9 Å². The molecule has 0 N–H and O–H groups in total. The fourth-order valence-electron chi connectivity index (χ4n) is 2.57. The van der Waals surface area contributed by atoms with E-state index in [1.807, 2.05) is 78.8 Å². The number of nitrogens with zero attached hydrogens (tertiary/aromatic N) is 3. The standard InChI is InChI=1S/C14H19NOS.C12H14N2OS/c1-11(10-17(16)14(2,3)4)13-8-6-5-7-12(13)9-15;1-12(2,3)16(15)14-9-11-7-5-4-6-10(11)8-13/h5-8,11H,10H2,1-4H3;4-7,9H,1-3H3/t11?,17-;16-/m10/s1. The molecule has 0 spiro atoms. The first-order valence-corrected chi connectivity index (χ1v) is 13.1. The van der Waals surface area contributed by atoms with Crippen LogP contribution in [0.2, 0.25) is 0 Å². The number of benzene rings is 2. The highest BCUT2D eigenvalue weighted by molar-refractivity contribution is 7.86. The largest absolute Gasteiger partial charge is 0.259 e. The summed E-state index contributed by atoms with van der Waals surface area (Å²) in [5.41, 5.74) is 2.92. The summed E-state index contributed by atoms with van der Waals surface area (Å²) in [5, 5.41) is 17.9. The molecule has 0 bridgehead atoms. The SMILES string of the molecule is CC(C)(C)[S@](=O)N=Cc1ccccc1C#N.CC(C[S@@](=O)C(C)(C)C)c1ccccc1C#N. The fraction of sp³-hybridized carbons (Fsp3) is 0.423. The van der Waals surface area contributed by atoms with Crippen molar-refractivity contribution in [2.75, 3.05) is 5.75 Å². The Morgan fingerprint density at radius 3 is 1.91 bits per heavy atom. The van der Waals surface area contributed by atoms with Crippen molar-refractivity contribution in [1.82, 2.24) is 0 Å². The summed E-state index contributed by atoms with van der Waals surface area (Å²) in [5.74, 6) is 0.744. The zero-order valence-electron chi connectivity index (χ0n) is 20.5. The molecule has 0 aromatic heterocycles. The molecule has 2 rings (SSSR count). The maximum atomic E-state index is 12.1. The summed E-state index contributed by atoms with van der Waals surface area (Å²) in [6.07, 6.45) is 1.50. The van der Waals surface area contributed by atoms with Gasteiger partial charge in [0.15, 0.2) is 0 Å². The summed E-state index contributed by atoms with van der Waals surface area (Å²) in [6, 6.07) is 18.9. The normalized spacial score (nSPS) is 14.3. The van der Waals surface area contributed by atoms with E-state index < -0.39 is 21.8 Å². The Labute approximate surface area is 203 Å². The lowest BCUT2D eigenvalue weighted by molar-refractivity contribution is 0.642. The lowest BCUT2D eigenvalue weighted by Crippen LogP contribution is -2.26. The molecule has 3 atom stereocenters. The number of nitriles is 2. The third kappa shape index (κ3) is 9.42. The molecule has 0 saturated heterocycles. The van der Waals surface area contributed by atoms with Crippen LogP contribution in [0.4, 0.5) is 0 Å². The van der Waals surface area contributed by atoms with E-state index in [-0.39, 0.29) is 15.4 Å². The Kier molecular flexibility index (Phi) is 10.8. The average Bonchev–Trinajstić information content (AvgIpc) is 2.76. The number of hydrogen-bond donors (Lipinski definition) is 0. The molecule has 7 heteroatoms. The Bertz CT molecular complexity index is 1100. The molecule has 0 heterocycles. The predicted octanol–water partition coefficient (Wildman–Crippen LogP) is 5.65. The number of hydrogen-bond acceptors (Lipinski definition) is 4. The van der Waals surface area contributed by atoms with Gasteiger partial charge in [-0.3, -0.25) is 4.21 Å². The van der Waals surface area contributed by atoms with E-state index in [1.165, 1.54) is 6.21 Å². The summed E-state index contributed by atoms with van der Waals surface area (Å²) in [7, 11) is -2.18. The van der Waals surface area contributed by atoms with Crippen LogP contribution in [0.3, 0.4) is 0 Å². The monoisotopic (exact) mass is 483 g/mol. The maximum absolute atomic E-state index is 12.1. The van der Waals surface area contributed by atoms with Crippen LogP contribution < -0.4 is 0 Å². The van der Waals surface area contributed by atoms with Crippen molar-refractivity contribution in [2.45, 2.75) is 63.9 Å². The second-order valence-corrected chi connectivity index (χ2v) is 13.7. The fourth-order valence-corrected chi connectivity index (χ4v) is 4.23. The van der Waals surface area contributed by atoms with E-state index in [2.05, 4.69) is 16.5 Å². The van der Waals surface area contributed by atoms with Crippen LogP contribution in [-0.2, 0) is 21.8 Å². The van der Waals surface area contributed by atoms with Crippen LogP contribution in [0.5, 0.6) is 0 Å². The molecular formula is C26H33N3O2S2. The second kappa shape index (κ2) is 12.6. The minimum Gasteiger partial charge on any atom is -0.259 e. The first-order chi connectivity index (χ1) is 15.3. The lowest BCUT2D eigenvalue weighted by atomic mass is 9.98. The topological polar surface area (TPSA) is 94.1 Å². The van der Waals surface area contributed by atoms with Crippen molar-refractivity contribution in [2.24, 2.45) is 4.40 Å². The number of rotatable bonds is 5. The molecule has 0 amide bonds. The van der Waals surface area contributed by atoms with Crippen molar-refractivity contribution in [1.29, 1.82) is 10.5 Å². The van der Waals surface area contributed by atoms with Crippen molar-refractivity contribution >= 4 is 28.0 Å². The van der Waals surface area contributed by atoms with Gasteiger partial charge in [0.2, 0.25) is 0 Å². The highest BCUT2D eigenvalue weighted by Gasteiger charge is 2.23. The van der Waals surface area contributed by atoms with Gasteiger partial charge < -0.3 is 0 Å². The van der Waals surface area contributed by atoms with Crippen molar-refractivity contribution in [3.63, 3.8) is 0 Å². The van der Waals surface area contributed by atoms with Gasteiger partial charge in [0.05, 0.1) is 28.0 Å². The molecule has 2 aromatic carbocycles. The highest BCUT2D eigenvalue weighted by atomic mass is 32.2. The van der Waals surface area contributed by atoms with Crippen LogP contribution in [0, 0.1) is 22.7 Å². The van der Waals surface area contributed by atoms with Crippen LogP contribution >= 0.6 is 0 Å². The first-order valence-electron chi connectivity index (χ1n) is 10.6. The van der Waals surface area contributed by atoms with E-state index >= 15 is 0 Å². The summed E-state index contributed by atoms with van der Waals surface area (Å²) in [6.45, 7) is 13.5. The predicted molar refractivity (Wildman–Crippen MR) is 139 cm³/mol. The molecule has 0 fully saturated rings. The van der Waals surface area contributed by atoms with Gasteiger partial charge in [-0.05, 0) is 65.2 Å². The van der Waals surface area contributed by atoms with E-state index in [1.54, 1.807) is 18.2 Å². The maximum Gasteiger partial charge on any atom is 0.144 e. The van der Waals surface area contributed by atoms with Gasteiger partial charge in [-0.15, -0.1) is 0 Å². The molecule has 5 nitrogen and oxygen atoms in total. The van der Waals surface area contributed by atoms with Crippen molar-refractivity contribution < 1.29 is 8.42 Å². The Hall–Kier alpha value is -2.61. The van der Waals surface area contributed by atoms with Crippen molar-refractivity contribution in [3.8, 4) is 12.1 Å². The summed E-state index contributed by atoms with van der Waals surface area (Å²) >= 11 is 0. The molecule has 33 heavy (non-hydrogen) atoms. The molecule has 0 aliphatic heterocycles. The van der Waals surface area contributed by atoms with Crippen LogP contribution in [0.15, 0.2) is 52.9 Å². The van der Waals surface area contributed by atoms with Gasteiger partial charge >= 0.3 is 0 Å². The van der Waals surface area contributed by atoms with E-state index in [9.17, 15) is 8.42 Å². The molecule has 2 aromatic rings. The van der Waals surface area contributed by atoms with Gasteiger partial charge in [0.25, 0.3) is 0 Å². The second-order valence-electron chi connectivity index (χ2n) is 9.52. The zero-order chi connectivity index (χ0) is 25.2. The van der Waals surface area contributed by atoms with E-state index in [4.69, 9.17) is 10.5 Å². The quantitative estimate of drug-likeness (QED) is 0.514. The van der Waals surface area contributed by atoms with Gasteiger partial charge in [0, 0.05) is 33.1 Å². The van der Waals surface area contributed by atoms with Gasteiger partial charge in [-0.25, -0.2) is 4.21 Å². The third-order valence-corrected chi connectivity index (χ3v) is 8.10. The smallest absolute Gasteiger partial charge is 0.144 e. The molecule has 1 unspecified atom stereocenters. The minimum atomic E-state index is -1.29. The van der Waals surface area contributed by atoms with Crippen LogP contribution in [-0.4, -0.2) is 29.9 Å². The minimum absolute atomic E-state index is 0.144. The summed E-state index contributed by atoms with van der Waals surface area (Å²) < 4.78 is 27.1. The highest BCUT2D eigenvalue weighted by Crippen LogP contribution is 2.23. The van der Waals surface area contributed by atoms with Crippen molar-refractivity contribution in [3.05, 3.63) is 70.8 Å². The van der Waals surface area contributed by atoms with E-state index in [0.29, 0.717) is 22.4 Å². The Morgan fingerprint density at radius 1 is 0.879 bits per heavy atom. The van der Waals surface area contributed by atoms with Crippen LogP contribution in [0.1, 0.15) is 76.6 Å². The molecule has 0 aliphatic carbocycles. The first kappa shape index (κ1) is 28.4. The molecule has 0 aliphatic rings. The van der Waals surface area contributed by atoms with Gasteiger partial charge in [0.1, 0.15) is 11.0 Å². The molecule has 176 valence electrons. The Balaban J connectivity index is 0.000000331. The van der Waals surface area contributed by atoms with Gasteiger partial charge in [-0.1, -0.05) is 43.3 Å². The van der Waals surface area contributed by atoms with Crippen LogP contribution in [0.25, 0.3) is 0 Å². The average molecular weight is 484 g/mol. The zero-order valence-corrected chi connectivity index (χ0v) is 22.1. The summed E-state index contributed by atoms with van der Waals surface area (Å²) in [4.78, 5) is 0. The molecule has 0 saturated carbocycles. The third-order valence-electron chi connectivity index (χ3n) is 4.59. The molecule has 0 radical (unpaired) electrons. The van der Waals surface area contributed by atoms with E-state index in [0.717, 1.165) is 5.56 Å². The Morgan fingerprint density at radius 2 is 1.39 bits per heavy atom. The molecular weight excluding hydrogens is 450 g/mol. The lowest BCUT2D eigenvalue weighted by Gasteiger charge is -2.21.